The summed E-state index contributed by atoms with van der Waals surface area (Å²) in [7, 11) is 0. The van der Waals surface area contributed by atoms with E-state index in [1.54, 1.807) is 0 Å². The standard InChI is InChI=1S/C18H21ClN4/c1-3-4-10-20-12-14-11-16-13(2)22-23(18(16)21-17(14)19)15-8-6-5-7-9-15/h5-9,11,20H,3-4,10,12H2,1-2H3. The van der Waals surface area contributed by atoms with E-state index in [1.165, 1.54) is 6.42 Å². The van der Waals surface area contributed by atoms with Gasteiger partial charge in [-0.25, -0.2) is 9.67 Å². The minimum absolute atomic E-state index is 0.540. The molecule has 2 aromatic heterocycles. The Morgan fingerprint density at radius 2 is 2.00 bits per heavy atom. The third-order valence-corrected chi connectivity index (χ3v) is 4.22. The number of aromatic nitrogens is 3. The second kappa shape index (κ2) is 7.11. The molecule has 0 aliphatic carbocycles. The van der Waals surface area contributed by atoms with Gasteiger partial charge in [-0.05, 0) is 38.1 Å². The Labute approximate surface area is 141 Å². The lowest BCUT2D eigenvalue weighted by atomic mass is 10.2. The van der Waals surface area contributed by atoms with Gasteiger partial charge in [0.25, 0.3) is 0 Å². The van der Waals surface area contributed by atoms with Crippen LogP contribution in [0.3, 0.4) is 0 Å². The van der Waals surface area contributed by atoms with Gasteiger partial charge < -0.3 is 5.32 Å². The molecule has 3 rings (SSSR count). The van der Waals surface area contributed by atoms with E-state index < -0.39 is 0 Å². The van der Waals surface area contributed by atoms with Crippen molar-refractivity contribution in [1.82, 2.24) is 20.1 Å². The minimum Gasteiger partial charge on any atom is -0.313 e. The molecule has 0 amide bonds. The number of nitrogens with zero attached hydrogens (tertiary/aromatic N) is 3. The first-order valence-corrected chi connectivity index (χ1v) is 8.39. The van der Waals surface area contributed by atoms with Gasteiger partial charge in [-0.2, -0.15) is 5.10 Å². The van der Waals surface area contributed by atoms with Gasteiger partial charge in [0.1, 0.15) is 5.15 Å². The van der Waals surface area contributed by atoms with Crippen LogP contribution in [-0.4, -0.2) is 21.3 Å². The van der Waals surface area contributed by atoms with E-state index in [0.29, 0.717) is 5.15 Å². The Kier molecular flexibility index (Phi) is 4.94. The zero-order chi connectivity index (χ0) is 16.2. The highest BCUT2D eigenvalue weighted by atomic mass is 35.5. The lowest BCUT2D eigenvalue weighted by Gasteiger charge is -2.07. The van der Waals surface area contributed by atoms with E-state index in [4.69, 9.17) is 11.6 Å². The minimum atomic E-state index is 0.540. The number of halogens is 1. The van der Waals surface area contributed by atoms with E-state index in [2.05, 4.69) is 28.4 Å². The molecule has 0 radical (unpaired) electrons. The Morgan fingerprint density at radius 3 is 2.74 bits per heavy atom. The normalized spacial score (nSPS) is 11.3. The predicted octanol–water partition coefficient (Wildman–Crippen LogP) is 4.27. The molecule has 0 saturated heterocycles. The zero-order valence-corrected chi connectivity index (χ0v) is 14.3. The molecule has 0 fully saturated rings. The lowest BCUT2D eigenvalue weighted by molar-refractivity contribution is 0.641. The third-order valence-electron chi connectivity index (χ3n) is 3.89. The molecule has 0 atom stereocenters. The van der Waals surface area contributed by atoms with Crippen molar-refractivity contribution in [3.05, 3.63) is 52.8 Å². The van der Waals surface area contributed by atoms with Crippen LogP contribution in [0.4, 0.5) is 0 Å². The Morgan fingerprint density at radius 1 is 1.22 bits per heavy atom. The molecule has 1 aromatic carbocycles. The summed E-state index contributed by atoms with van der Waals surface area (Å²) in [5.41, 5.74) is 3.77. The summed E-state index contributed by atoms with van der Waals surface area (Å²) in [5.74, 6) is 0. The van der Waals surface area contributed by atoms with Crippen LogP contribution in [-0.2, 0) is 6.54 Å². The van der Waals surface area contributed by atoms with Gasteiger partial charge in [0, 0.05) is 17.5 Å². The molecule has 0 saturated carbocycles. The van der Waals surface area contributed by atoms with Gasteiger partial charge >= 0.3 is 0 Å². The first kappa shape index (κ1) is 16.0. The molecule has 0 aliphatic rings. The van der Waals surface area contributed by atoms with E-state index in [0.717, 1.165) is 47.5 Å². The molecule has 5 heteroatoms. The Balaban J connectivity index is 1.96. The first-order chi connectivity index (χ1) is 11.2. The Hall–Kier alpha value is -1.91. The fraction of sp³-hybridized carbons (Fsp3) is 0.333. The summed E-state index contributed by atoms with van der Waals surface area (Å²) < 4.78 is 1.85. The first-order valence-electron chi connectivity index (χ1n) is 8.01. The van der Waals surface area contributed by atoms with Crippen molar-refractivity contribution in [3.63, 3.8) is 0 Å². The van der Waals surface area contributed by atoms with Crippen LogP contribution in [0.5, 0.6) is 0 Å². The van der Waals surface area contributed by atoms with Gasteiger partial charge in [-0.1, -0.05) is 43.1 Å². The summed E-state index contributed by atoms with van der Waals surface area (Å²) in [6, 6.07) is 12.1. The maximum absolute atomic E-state index is 6.39. The fourth-order valence-corrected chi connectivity index (χ4v) is 2.80. The molecule has 23 heavy (non-hydrogen) atoms. The van der Waals surface area contributed by atoms with Crippen molar-refractivity contribution in [3.8, 4) is 5.69 Å². The molecule has 4 nitrogen and oxygen atoms in total. The van der Waals surface area contributed by atoms with Crippen LogP contribution in [0.15, 0.2) is 36.4 Å². The van der Waals surface area contributed by atoms with Gasteiger partial charge in [-0.15, -0.1) is 0 Å². The van der Waals surface area contributed by atoms with Gasteiger partial charge in [0.15, 0.2) is 5.65 Å². The Bertz CT molecular complexity index is 796. The van der Waals surface area contributed by atoms with Crippen molar-refractivity contribution < 1.29 is 0 Å². The van der Waals surface area contributed by atoms with Crippen LogP contribution in [0, 0.1) is 6.92 Å². The van der Waals surface area contributed by atoms with Crippen LogP contribution in [0.2, 0.25) is 5.15 Å². The van der Waals surface area contributed by atoms with Crippen LogP contribution < -0.4 is 5.32 Å². The predicted molar refractivity (Wildman–Crippen MR) is 95.2 cm³/mol. The molecular weight excluding hydrogens is 308 g/mol. The topological polar surface area (TPSA) is 42.7 Å². The number of hydrogen-bond donors (Lipinski definition) is 1. The highest BCUT2D eigenvalue weighted by molar-refractivity contribution is 6.30. The summed E-state index contributed by atoms with van der Waals surface area (Å²) in [5, 5.41) is 9.63. The highest BCUT2D eigenvalue weighted by Gasteiger charge is 2.13. The second-order valence-electron chi connectivity index (χ2n) is 5.67. The van der Waals surface area contributed by atoms with Gasteiger partial charge in [0.2, 0.25) is 0 Å². The van der Waals surface area contributed by atoms with Gasteiger partial charge in [-0.3, -0.25) is 0 Å². The van der Waals surface area contributed by atoms with E-state index in [1.807, 2.05) is 41.9 Å². The molecule has 120 valence electrons. The van der Waals surface area contributed by atoms with Crippen LogP contribution in [0.1, 0.15) is 31.0 Å². The van der Waals surface area contributed by atoms with E-state index >= 15 is 0 Å². The zero-order valence-electron chi connectivity index (χ0n) is 13.5. The van der Waals surface area contributed by atoms with Gasteiger partial charge in [0.05, 0.1) is 11.4 Å². The maximum atomic E-state index is 6.39. The van der Waals surface area contributed by atoms with E-state index in [-0.39, 0.29) is 0 Å². The average molecular weight is 329 g/mol. The quantitative estimate of drug-likeness (QED) is 0.542. The summed E-state index contributed by atoms with van der Waals surface area (Å²) >= 11 is 6.39. The monoisotopic (exact) mass is 328 g/mol. The summed E-state index contributed by atoms with van der Waals surface area (Å²) in [4.78, 5) is 4.60. The van der Waals surface area contributed by atoms with Crippen molar-refractivity contribution in [2.45, 2.75) is 33.2 Å². The number of nitrogens with one attached hydrogen (secondary N) is 1. The largest absolute Gasteiger partial charge is 0.313 e. The van der Waals surface area contributed by atoms with E-state index in [9.17, 15) is 0 Å². The molecule has 0 aliphatic heterocycles. The smallest absolute Gasteiger partial charge is 0.164 e. The number of unbranched alkanes of at least 4 members (excludes halogenated alkanes) is 1. The van der Waals surface area contributed by atoms with Crippen molar-refractivity contribution in [2.24, 2.45) is 0 Å². The second-order valence-corrected chi connectivity index (χ2v) is 6.03. The fourth-order valence-electron chi connectivity index (χ4n) is 2.60. The highest BCUT2D eigenvalue weighted by Crippen LogP contribution is 2.25. The summed E-state index contributed by atoms with van der Waals surface area (Å²) in [6.07, 6.45) is 2.35. The number of hydrogen-bond acceptors (Lipinski definition) is 3. The molecular formula is C18H21ClN4. The third kappa shape index (κ3) is 3.38. The van der Waals surface area contributed by atoms with Crippen molar-refractivity contribution in [2.75, 3.05) is 6.54 Å². The molecule has 0 bridgehead atoms. The number of fused-ring (bicyclic) bond motifs is 1. The number of pyridine rings is 1. The number of para-hydroxylation sites is 1. The molecule has 3 aromatic rings. The van der Waals surface area contributed by atoms with Crippen molar-refractivity contribution in [1.29, 1.82) is 0 Å². The van der Waals surface area contributed by atoms with Crippen LogP contribution in [0.25, 0.3) is 16.7 Å². The van der Waals surface area contributed by atoms with Crippen molar-refractivity contribution >= 4 is 22.6 Å². The number of aryl methyl sites for hydroxylation is 1. The maximum Gasteiger partial charge on any atom is 0.164 e. The lowest BCUT2D eigenvalue weighted by Crippen LogP contribution is -2.15. The van der Waals surface area contributed by atoms with Crippen LogP contribution >= 0.6 is 11.6 Å². The molecule has 0 spiro atoms. The summed E-state index contributed by atoms with van der Waals surface area (Å²) in [6.45, 7) is 5.92. The molecule has 0 unspecified atom stereocenters. The number of rotatable bonds is 6. The SMILES string of the molecule is CCCCNCc1cc2c(C)nn(-c3ccccc3)c2nc1Cl. The average Bonchev–Trinajstić information content (AvgIpc) is 2.88. The molecule has 2 heterocycles. The number of benzene rings is 1. The molecule has 1 N–H and O–H groups in total.